The van der Waals surface area contributed by atoms with Gasteiger partial charge in [-0.3, -0.25) is 4.79 Å². The number of carbonyl (C=O) groups is 1. The fourth-order valence-electron chi connectivity index (χ4n) is 3.75. The third-order valence-corrected chi connectivity index (χ3v) is 5.77. The topological polar surface area (TPSA) is 110 Å². The van der Waals surface area contributed by atoms with Crippen molar-refractivity contribution < 1.29 is 14.4 Å². The molecule has 3 aromatic rings. The van der Waals surface area contributed by atoms with E-state index in [9.17, 15) is 4.79 Å². The summed E-state index contributed by atoms with van der Waals surface area (Å²) in [6, 6.07) is 12.3. The second kappa shape index (κ2) is 12.0. The van der Waals surface area contributed by atoms with E-state index in [1.807, 2.05) is 53.7 Å². The van der Waals surface area contributed by atoms with E-state index in [1.54, 1.807) is 42.6 Å². The van der Waals surface area contributed by atoms with Gasteiger partial charge in [-0.25, -0.2) is 9.97 Å². The molecule has 0 unspecified atom stereocenters. The van der Waals surface area contributed by atoms with Gasteiger partial charge in [-0.15, -0.1) is 0 Å². The minimum absolute atomic E-state index is 0.174. The first kappa shape index (κ1) is 28.9. The second-order valence-electron chi connectivity index (χ2n) is 11.4. The largest absolute Gasteiger partial charge is 0.456 e. The number of anilines is 3. The molecule has 0 bridgehead atoms. The molecule has 0 saturated heterocycles. The first-order valence-electron chi connectivity index (χ1n) is 13.0. The Kier molecular flexibility index (Phi) is 8.64. The molecule has 0 radical (unpaired) electrons. The zero-order valence-electron chi connectivity index (χ0n) is 23.6. The van der Waals surface area contributed by atoms with Gasteiger partial charge >= 0.3 is 0 Å². The Labute approximate surface area is 240 Å². The lowest BCUT2D eigenvalue weighted by Gasteiger charge is -2.20. The molecule has 2 heterocycles. The molecule has 9 nitrogen and oxygen atoms in total. The summed E-state index contributed by atoms with van der Waals surface area (Å²) in [7, 11) is 0. The van der Waals surface area contributed by atoms with Crippen LogP contribution in [0.4, 0.5) is 17.3 Å². The van der Waals surface area contributed by atoms with Gasteiger partial charge in [0.25, 0.3) is 5.91 Å². The number of carbonyl (C=O) groups excluding carboxylic acids is 1. The zero-order valence-corrected chi connectivity index (χ0v) is 24.4. The summed E-state index contributed by atoms with van der Waals surface area (Å²) in [6.45, 7) is 12.3. The van der Waals surface area contributed by atoms with Crippen molar-refractivity contribution in [1.82, 2.24) is 15.3 Å². The predicted octanol–water partition coefficient (Wildman–Crippen LogP) is 7.19. The summed E-state index contributed by atoms with van der Waals surface area (Å²) in [5.41, 5.74) is 2.30. The number of hydrogen-bond acceptors (Lipinski definition) is 8. The Morgan fingerprint density at radius 3 is 2.62 bits per heavy atom. The molecule has 40 heavy (non-hydrogen) atoms. The van der Waals surface area contributed by atoms with Crippen molar-refractivity contribution in [2.24, 2.45) is 5.16 Å². The van der Waals surface area contributed by atoms with Crippen molar-refractivity contribution in [1.29, 1.82) is 0 Å². The van der Waals surface area contributed by atoms with Gasteiger partial charge in [0, 0.05) is 23.3 Å². The quantitative estimate of drug-likeness (QED) is 0.206. The molecule has 3 N–H and O–H groups in total. The van der Waals surface area contributed by atoms with Gasteiger partial charge in [-0.2, -0.15) is 0 Å². The predicted molar refractivity (Wildman–Crippen MR) is 161 cm³/mol. The molecule has 10 heteroatoms. The summed E-state index contributed by atoms with van der Waals surface area (Å²) >= 11 is 6.59. The van der Waals surface area contributed by atoms with Crippen LogP contribution in [0.25, 0.3) is 6.08 Å². The second-order valence-corrected chi connectivity index (χ2v) is 11.8. The number of fused-ring (bicyclic) bond motifs is 1. The average molecular weight is 563 g/mol. The molecule has 1 aliphatic rings. The van der Waals surface area contributed by atoms with Crippen LogP contribution in [-0.2, 0) is 4.84 Å². The molecular weight excluding hydrogens is 528 g/mol. The number of rotatable bonds is 7. The lowest BCUT2D eigenvalue weighted by atomic mass is 10.1. The number of amides is 1. The number of ether oxygens (including phenoxy) is 1. The summed E-state index contributed by atoms with van der Waals surface area (Å²) in [6.07, 6.45) is 5.98. The molecule has 4 rings (SSSR count). The molecule has 1 amide bonds. The van der Waals surface area contributed by atoms with Crippen molar-refractivity contribution >= 4 is 47.1 Å². The smallest absolute Gasteiger partial charge is 0.251 e. The number of aromatic nitrogens is 2. The molecule has 0 saturated carbocycles. The van der Waals surface area contributed by atoms with Crippen molar-refractivity contribution in [3.63, 3.8) is 0 Å². The fourth-order valence-corrected chi connectivity index (χ4v) is 3.97. The molecule has 1 aliphatic heterocycles. The molecular formula is C30H35ClN6O3. The monoisotopic (exact) mass is 562 g/mol. The van der Waals surface area contributed by atoms with Crippen LogP contribution in [0.5, 0.6) is 11.5 Å². The Balaban J connectivity index is 1.51. The van der Waals surface area contributed by atoms with Gasteiger partial charge in [-0.1, -0.05) is 22.8 Å². The molecule has 0 spiro atoms. The highest BCUT2D eigenvalue weighted by Gasteiger charge is 2.17. The lowest BCUT2D eigenvalue weighted by Crippen LogP contribution is -2.40. The van der Waals surface area contributed by atoms with E-state index in [2.05, 4.69) is 31.1 Å². The van der Waals surface area contributed by atoms with Crippen molar-refractivity contribution in [2.45, 2.75) is 59.1 Å². The van der Waals surface area contributed by atoms with Crippen LogP contribution in [-0.4, -0.2) is 39.8 Å². The Hall–Kier alpha value is -4.11. The summed E-state index contributed by atoms with van der Waals surface area (Å²) < 4.78 is 6.01. The fraction of sp³-hybridized carbons (Fsp3) is 0.333. The standard InChI is InChI=1S/C30H35ClN6O3/c1-29(2,3)37-28(38)20-8-7-9-22(15-20)39-25-11-10-21(16-24(25)31)36-27-23-14-19(17-35-40-30(4,5)6)12-13-32-26(23)33-18-34-27/h7-11,14-18H,12-13H2,1-6H3,(H,37,38)(H2,32,33,34,36)/b35-17+. The minimum Gasteiger partial charge on any atom is -0.456 e. The van der Waals surface area contributed by atoms with E-state index in [0.29, 0.717) is 34.4 Å². The first-order chi connectivity index (χ1) is 18.9. The molecule has 210 valence electrons. The van der Waals surface area contributed by atoms with Gasteiger partial charge in [-0.05, 0) is 96.0 Å². The number of nitrogens with zero attached hydrogens (tertiary/aromatic N) is 3. The average Bonchev–Trinajstić information content (AvgIpc) is 3.07. The van der Waals surface area contributed by atoms with E-state index in [-0.39, 0.29) is 17.0 Å². The zero-order chi connectivity index (χ0) is 28.9. The minimum atomic E-state index is -0.368. The normalized spacial score (nSPS) is 13.5. The Morgan fingerprint density at radius 2 is 1.90 bits per heavy atom. The number of halogens is 1. The summed E-state index contributed by atoms with van der Waals surface area (Å²) in [5.74, 6) is 2.13. The van der Waals surface area contributed by atoms with Crippen LogP contribution < -0.4 is 20.7 Å². The van der Waals surface area contributed by atoms with E-state index in [1.165, 1.54) is 6.33 Å². The number of benzene rings is 2. The van der Waals surface area contributed by atoms with Crippen LogP contribution in [0.2, 0.25) is 5.02 Å². The molecule has 0 fully saturated rings. The maximum absolute atomic E-state index is 12.6. The van der Waals surface area contributed by atoms with Crippen molar-refractivity contribution in [3.8, 4) is 11.5 Å². The molecule has 0 atom stereocenters. The van der Waals surface area contributed by atoms with Crippen LogP contribution in [0, 0.1) is 0 Å². The maximum atomic E-state index is 12.6. The van der Waals surface area contributed by atoms with Crippen LogP contribution in [0.15, 0.2) is 59.5 Å². The van der Waals surface area contributed by atoms with E-state index >= 15 is 0 Å². The SMILES string of the molecule is CC(C)(C)NC(=O)c1cccc(Oc2ccc(Nc3ncnc4c3C=C(/C=N/OC(C)(C)C)CCN4)cc2Cl)c1. The van der Waals surface area contributed by atoms with Crippen molar-refractivity contribution in [3.05, 3.63) is 70.5 Å². The van der Waals surface area contributed by atoms with Crippen molar-refractivity contribution in [2.75, 3.05) is 17.2 Å². The van der Waals surface area contributed by atoms with Crippen LogP contribution in [0.1, 0.15) is 63.9 Å². The lowest BCUT2D eigenvalue weighted by molar-refractivity contribution is 0.00194. The van der Waals surface area contributed by atoms with Gasteiger partial charge < -0.3 is 25.5 Å². The molecule has 1 aromatic heterocycles. The van der Waals surface area contributed by atoms with Crippen LogP contribution >= 0.6 is 11.6 Å². The number of oxime groups is 1. The van der Waals surface area contributed by atoms with Gasteiger partial charge in [0.1, 0.15) is 35.1 Å². The maximum Gasteiger partial charge on any atom is 0.251 e. The summed E-state index contributed by atoms with van der Waals surface area (Å²) in [4.78, 5) is 26.9. The first-order valence-corrected chi connectivity index (χ1v) is 13.4. The number of hydrogen-bond donors (Lipinski definition) is 3. The van der Waals surface area contributed by atoms with Gasteiger partial charge in [0.05, 0.1) is 16.8 Å². The Morgan fingerprint density at radius 1 is 1.10 bits per heavy atom. The Bertz CT molecular complexity index is 1440. The van der Waals surface area contributed by atoms with Gasteiger partial charge in [0.2, 0.25) is 0 Å². The third-order valence-electron chi connectivity index (χ3n) is 5.47. The highest BCUT2D eigenvalue weighted by molar-refractivity contribution is 6.32. The third kappa shape index (κ3) is 8.19. The van der Waals surface area contributed by atoms with Gasteiger partial charge in [0.15, 0.2) is 0 Å². The molecule has 0 aliphatic carbocycles. The van der Waals surface area contributed by atoms with Crippen LogP contribution in [0.3, 0.4) is 0 Å². The summed E-state index contributed by atoms with van der Waals surface area (Å²) in [5, 5.41) is 14.2. The van der Waals surface area contributed by atoms with E-state index in [4.69, 9.17) is 21.2 Å². The molecule has 2 aromatic carbocycles. The van der Waals surface area contributed by atoms with E-state index in [0.717, 1.165) is 29.1 Å². The van der Waals surface area contributed by atoms with E-state index < -0.39 is 0 Å². The number of nitrogens with one attached hydrogen (secondary N) is 3. The highest BCUT2D eigenvalue weighted by Crippen LogP contribution is 2.34. The highest BCUT2D eigenvalue weighted by atomic mass is 35.5.